The summed E-state index contributed by atoms with van der Waals surface area (Å²) in [5, 5.41) is 5.87. The van der Waals surface area contributed by atoms with Crippen LogP contribution >= 0.6 is 0 Å². The summed E-state index contributed by atoms with van der Waals surface area (Å²) in [4.78, 5) is 37.1. The third-order valence-corrected chi connectivity index (χ3v) is 9.22. The van der Waals surface area contributed by atoms with Gasteiger partial charge in [-0.15, -0.1) is 0 Å². The highest BCUT2D eigenvalue weighted by Crippen LogP contribution is 2.53. The first-order chi connectivity index (χ1) is 21.4. The normalized spacial score (nSPS) is 22.5. The van der Waals surface area contributed by atoms with E-state index in [0.717, 1.165) is 33.6 Å². The van der Waals surface area contributed by atoms with E-state index in [9.17, 15) is 14.4 Å². The maximum absolute atomic E-state index is 12.7. The van der Waals surface area contributed by atoms with E-state index in [1.165, 1.54) is 4.57 Å². The predicted octanol–water partition coefficient (Wildman–Crippen LogP) is 3.81. The highest BCUT2D eigenvalue weighted by atomic mass is 16.7. The van der Waals surface area contributed by atoms with Crippen molar-refractivity contribution in [1.82, 2.24) is 4.57 Å². The fourth-order valence-corrected chi connectivity index (χ4v) is 6.96. The third kappa shape index (κ3) is 3.02. The number of aryl methyl sites for hydroxylation is 1. The summed E-state index contributed by atoms with van der Waals surface area (Å²) in [5.74, 6) is 2.02. The Labute approximate surface area is 248 Å². The minimum atomic E-state index is -0.880. The number of amides is 2. The van der Waals surface area contributed by atoms with Crippen LogP contribution in [0, 0.1) is 0 Å². The molecule has 2 unspecified atom stereocenters. The molecule has 0 saturated carbocycles. The SMILES string of the molecule is Cn1c(=O)oc2cc3c(cc21)OCC31C(=O)Nc2ccccc21.O=C1Nc2ccccc2C12COc1cc3c(cc12)OCO3. The topological polar surface area (TPSA) is 130 Å². The molecule has 5 aromatic rings. The van der Waals surface area contributed by atoms with Gasteiger partial charge in [0.25, 0.3) is 0 Å². The molecule has 5 aliphatic rings. The van der Waals surface area contributed by atoms with Crippen molar-refractivity contribution in [3.8, 4) is 23.0 Å². The van der Waals surface area contributed by atoms with Gasteiger partial charge in [0.15, 0.2) is 17.1 Å². The molecular formula is C33H23N3O8. The van der Waals surface area contributed by atoms with Crippen molar-refractivity contribution in [3.05, 3.63) is 106 Å². The fraction of sp³-hybridized carbons (Fsp3) is 0.182. The number of ether oxygens (including phenoxy) is 4. The molecular weight excluding hydrogens is 566 g/mol. The Balaban J connectivity index is 0.000000123. The maximum atomic E-state index is 12.7. The molecule has 0 radical (unpaired) electrons. The van der Waals surface area contributed by atoms with E-state index in [4.69, 9.17) is 23.4 Å². The number of nitrogens with zero attached hydrogens (tertiary/aromatic N) is 1. The van der Waals surface area contributed by atoms with E-state index in [1.54, 1.807) is 25.2 Å². The molecule has 4 aromatic carbocycles. The Bertz CT molecular complexity index is 2170. The van der Waals surface area contributed by atoms with E-state index in [-0.39, 0.29) is 25.2 Å². The molecule has 0 aliphatic carbocycles. The lowest BCUT2D eigenvalue weighted by atomic mass is 9.77. The van der Waals surface area contributed by atoms with E-state index in [1.807, 2.05) is 54.6 Å². The maximum Gasteiger partial charge on any atom is 0.419 e. The molecule has 0 fully saturated rings. The average molecular weight is 590 g/mol. The lowest BCUT2D eigenvalue weighted by molar-refractivity contribution is -0.120. The number of benzene rings is 4. The van der Waals surface area contributed by atoms with E-state index in [2.05, 4.69) is 10.6 Å². The Kier molecular flexibility index (Phi) is 4.77. The minimum Gasteiger partial charge on any atom is -0.491 e. The molecule has 0 bridgehead atoms. The average Bonchev–Trinajstić information content (AvgIpc) is 3.87. The second kappa shape index (κ2) is 8.44. The van der Waals surface area contributed by atoms with Crippen LogP contribution < -0.4 is 35.3 Å². The number of para-hydroxylation sites is 2. The molecule has 1 aromatic heterocycles. The van der Waals surface area contributed by atoms with Gasteiger partial charge in [0, 0.05) is 41.7 Å². The van der Waals surface area contributed by atoms with Crippen LogP contribution in [-0.2, 0) is 27.5 Å². The number of aromatic nitrogens is 1. The molecule has 2 N–H and O–H groups in total. The Morgan fingerprint density at radius 3 is 1.82 bits per heavy atom. The number of rotatable bonds is 0. The molecule has 11 heteroatoms. The third-order valence-electron chi connectivity index (χ3n) is 9.22. The summed E-state index contributed by atoms with van der Waals surface area (Å²) in [6.07, 6.45) is 0. The zero-order valence-corrected chi connectivity index (χ0v) is 23.3. The van der Waals surface area contributed by atoms with Crippen molar-refractivity contribution in [3.63, 3.8) is 0 Å². The fourth-order valence-electron chi connectivity index (χ4n) is 6.96. The van der Waals surface area contributed by atoms with Gasteiger partial charge in [0.2, 0.25) is 18.6 Å². The van der Waals surface area contributed by atoms with E-state index in [0.29, 0.717) is 40.7 Å². The van der Waals surface area contributed by atoms with Gasteiger partial charge in [-0.3, -0.25) is 14.2 Å². The lowest BCUT2D eigenvalue weighted by Gasteiger charge is -2.20. The highest BCUT2D eigenvalue weighted by Gasteiger charge is 2.55. The molecule has 2 spiro atoms. The Hall–Kier alpha value is -5.71. The van der Waals surface area contributed by atoms with Crippen LogP contribution in [0.3, 0.4) is 0 Å². The van der Waals surface area contributed by atoms with Gasteiger partial charge < -0.3 is 34.0 Å². The Morgan fingerprint density at radius 1 is 0.636 bits per heavy atom. The van der Waals surface area contributed by atoms with Crippen molar-refractivity contribution >= 4 is 34.3 Å². The number of nitrogens with one attached hydrogen (secondary N) is 2. The van der Waals surface area contributed by atoms with Crippen molar-refractivity contribution in [2.24, 2.45) is 7.05 Å². The monoisotopic (exact) mass is 589 g/mol. The number of carbonyl (C=O) groups is 2. The van der Waals surface area contributed by atoms with Crippen LogP contribution in [0.1, 0.15) is 22.3 Å². The molecule has 44 heavy (non-hydrogen) atoms. The van der Waals surface area contributed by atoms with Gasteiger partial charge >= 0.3 is 5.76 Å². The minimum absolute atomic E-state index is 0.0543. The second-order valence-electron chi connectivity index (χ2n) is 11.3. The van der Waals surface area contributed by atoms with E-state index < -0.39 is 16.6 Å². The summed E-state index contributed by atoms with van der Waals surface area (Å²) in [6.45, 7) is 0.744. The predicted molar refractivity (Wildman–Crippen MR) is 157 cm³/mol. The van der Waals surface area contributed by atoms with Gasteiger partial charge in [-0.05, 0) is 35.4 Å². The zero-order valence-electron chi connectivity index (χ0n) is 23.3. The molecule has 2 atom stereocenters. The molecule has 0 saturated heterocycles. The zero-order chi connectivity index (χ0) is 29.8. The van der Waals surface area contributed by atoms with Gasteiger partial charge in [0.05, 0.1) is 5.52 Å². The number of carbonyl (C=O) groups excluding carboxylic acids is 2. The number of anilines is 2. The number of fused-ring (bicyclic) bond motifs is 10. The van der Waals surface area contributed by atoms with Crippen LogP contribution in [0.5, 0.6) is 23.0 Å². The smallest absolute Gasteiger partial charge is 0.419 e. The standard InChI is InChI=1S/C17H12N2O4.C16H11NO4/c1-19-12-7-13-10(6-14(12)23-16(19)21)17(8-22-13)9-4-2-3-5-11(9)18-15(17)20;18-15-16(9-3-1-2-4-11(9)17-15)7-19-12-6-14-13(5-10(12)16)20-8-21-14/h2-7H,8H2,1H3,(H,18,20);1-6H,7-8H2,(H,17,18). The molecule has 11 nitrogen and oxygen atoms in total. The first-order valence-electron chi connectivity index (χ1n) is 14.1. The summed E-state index contributed by atoms with van der Waals surface area (Å²) < 4.78 is 29.1. The summed E-state index contributed by atoms with van der Waals surface area (Å²) in [7, 11) is 1.64. The van der Waals surface area contributed by atoms with Gasteiger partial charge in [-0.1, -0.05) is 36.4 Å². The molecule has 218 valence electrons. The van der Waals surface area contributed by atoms with Crippen LogP contribution in [0.4, 0.5) is 11.4 Å². The summed E-state index contributed by atoms with van der Waals surface area (Å²) >= 11 is 0. The first-order valence-corrected chi connectivity index (χ1v) is 14.1. The molecule has 10 rings (SSSR count). The Morgan fingerprint density at radius 2 is 1.18 bits per heavy atom. The van der Waals surface area contributed by atoms with Gasteiger partial charge in [-0.2, -0.15) is 0 Å². The van der Waals surface area contributed by atoms with E-state index >= 15 is 0 Å². The van der Waals surface area contributed by atoms with Crippen molar-refractivity contribution in [2.75, 3.05) is 30.6 Å². The van der Waals surface area contributed by atoms with Crippen molar-refractivity contribution in [1.29, 1.82) is 0 Å². The molecule has 2 amide bonds. The van der Waals surface area contributed by atoms with Crippen molar-refractivity contribution < 1.29 is 33.0 Å². The first kappa shape index (κ1) is 24.8. The molecule has 6 heterocycles. The van der Waals surface area contributed by atoms with Crippen LogP contribution in [0.25, 0.3) is 11.1 Å². The van der Waals surface area contributed by atoms with Crippen LogP contribution in [0.15, 0.2) is 82.0 Å². The van der Waals surface area contributed by atoms with Gasteiger partial charge in [0.1, 0.15) is 35.5 Å². The van der Waals surface area contributed by atoms with Crippen LogP contribution in [-0.4, -0.2) is 36.4 Å². The second-order valence-corrected chi connectivity index (χ2v) is 11.3. The lowest BCUT2D eigenvalue weighted by Crippen LogP contribution is -2.37. The van der Waals surface area contributed by atoms with Crippen molar-refractivity contribution in [2.45, 2.75) is 10.8 Å². The van der Waals surface area contributed by atoms with Gasteiger partial charge in [-0.25, -0.2) is 4.79 Å². The quantitative estimate of drug-likeness (QED) is 0.279. The van der Waals surface area contributed by atoms with Crippen LogP contribution in [0.2, 0.25) is 0 Å². The number of hydrogen-bond acceptors (Lipinski definition) is 8. The summed E-state index contributed by atoms with van der Waals surface area (Å²) in [6, 6.07) is 22.5. The molecule has 5 aliphatic heterocycles. The summed E-state index contributed by atoms with van der Waals surface area (Å²) in [5.41, 5.74) is 4.50. The number of hydrogen-bond donors (Lipinski definition) is 2. The highest BCUT2D eigenvalue weighted by molar-refractivity contribution is 6.11. The largest absolute Gasteiger partial charge is 0.491 e. The number of oxazole rings is 1.